The summed E-state index contributed by atoms with van der Waals surface area (Å²) in [5, 5.41) is 0. The van der Waals surface area contributed by atoms with E-state index in [0.717, 1.165) is 11.1 Å². The van der Waals surface area contributed by atoms with Crippen molar-refractivity contribution in [1.29, 1.82) is 0 Å². The molecule has 0 amide bonds. The van der Waals surface area contributed by atoms with Gasteiger partial charge >= 0.3 is 0 Å². The Bertz CT molecular complexity index is 647. The van der Waals surface area contributed by atoms with Crippen LogP contribution in [0.5, 0.6) is 5.75 Å². The van der Waals surface area contributed by atoms with Gasteiger partial charge in [0.25, 0.3) is 0 Å². The Labute approximate surface area is 119 Å². The molecule has 0 aliphatic rings. The van der Waals surface area contributed by atoms with Gasteiger partial charge < -0.3 is 10.5 Å². The Balaban J connectivity index is 2.50. The largest absolute Gasteiger partial charge is 0.491 e. The predicted octanol–water partition coefficient (Wildman–Crippen LogP) is 3.52. The van der Waals surface area contributed by atoms with Gasteiger partial charge in [-0.15, -0.1) is 0 Å². The van der Waals surface area contributed by atoms with E-state index in [4.69, 9.17) is 10.5 Å². The van der Waals surface area contributed by atoms with E-state index < -0.39 is 0 Å². The van der Waals surface area contributed by atoms with Crippen molar-refractivity contribution in [3.63, 3.8) is 0 Å². The number of anilines is 1. The summed E-state index contributed by atoms with van der Waals surface area (Å²) in [6, 6.07) is 11.1. The van der Waals surface area contributed by atoms with Gasteiger partial charge in [0.2, 0.25) is 0 Å². The standard InChI is InChI=1S/C17H19NO2/c1-4-20-17-14(6-5-7-15(17)18)16(19)13-9-8-11(2)10-12(13)3/h5-10H,4,18H2,1-3H3. The molecule has 0 radical (unpaired) electrons. The molecule has 0 aliphatic carbocycles. The molecule has 3 nitrogen and oxygen atoms in total. The molecule has 0 heterocycles. The van der Waals surface area contributed by atoms with E-state index in [1.54, 1.807) is 18.2 Å². The van der Waals surface area contributed by atoms with Crippen molar-refractivity contribution in [3.05, 3.63) is 58.7 Å². The molecule has 104 valence electrons. The highest BCUT2D eigenvalue weighted by Crippen LogP contribution is 2.29. The van der Waals surface area contributed by atoms with Crippen LogP contribution in [0.2, 0.25) is 0 Å². The summed E-state index contributed by atoms with van der Waals surface area (Å²) in [5.74, 6) is 0.415. The Morgan fingerprint density at radius 1 is 1.15 bits per heavy atom. The SMILES string of the molecule is CCOc1c(N)cccc1C(=O)c1ccc(C)cc1C. The van der Waals surface area contributed by atoms with E-state index in [-0.39, 0.29) is 5.78 Å². The van der Waals surface area contributed by atoms with Gasteiger partial charge in [0.15, 0.2) is 11.5 Å². The van der Waals surface area contributed by atoms with Crippen LogP contribution in [-0.4, -0.2) is 12.4 Å². The lowest BCUT2D eigenvalue weighted by Gasteiger charge is -2.13. The van der Waals surface area contributed by atoms with E-state index in [1.807, 2.05) is 39.0 Å². The first-order valence-electron chi connectivity index (χ1n) is 6.67. The third kappa shape index (κ3) is 2.67. The zero-order chi connectivity index (χ0) is 14.7. The highest BCUT2D eigenvalue weighted by molar-refractivity contribution is 6.12. The van der Waals surface area contributed by atoms with Gasteiger partial charge in [-0.1, -0.05) is 29.8 Å². The number of nitrogen functional groups attached to an aromatic ring is 1. The van der Waals surface area contributed by atoms with Crippen LogP contribution in [0.3, 0.4) is 0 Å². The monoisotopic (exact) mass is 269 g/mol. The zero-order valence-corrected chi connectivity index (χ0v) is 12.1. The minimum atomic E-state index is -0.0572. The first-order chi connectivity index (χ1) is 9.54. The van der Waals surface area contributed by atoms with E-state index in [0.29, 0.717) is 29.2 Å². The smallest absolute Gasteiger partial charge is 0.197 e. The molecule has 0 unspecified atom stereocenters. The van der Waals surface area contributed by atoms with Crippen LogP contribution in [0, 0.1) is 13.8 Å². The van der Waals surface area contributed by atoms with Crippen LogP contribution in [0.15, 0.2) is 36.4 Å². The van der Waals surface area contributed by atoms with Crippen molar-refractivity contribution in [2.24, 2.45) is 0 Å². The van der Waals surface area contributed by atoms with Crippen molar-refractivity contribution in [3.8, 4) is 5.75 Å². The van der Waals surface area contributed by atoms with E-state index in [2.05, 4.69) is 0 Å². The maximum Gasteiger partial charge on any atom is 0.197 e. The number of carbonyl (C=O) groups is 1. The maximum absolute atomic E-state index is 12.7. The fraction of sp³-hybridized carbons (Fsp3) is 0.235. The second-order valence-electron chi connectivity index (χ2n) is 4.80. The van der Waals surface area contributed by atoms with Gasteiger partial charge in [-0.05, 0) is 38.5 Å². The Kier molecular flexibility index (Phi) is 4.08. The van der Waals surface area contributed by atoms with Gasteiger partial charge in [0.05, 0.1) is 17.9 Å². The van der Waals surface area contributed by atoms with Crippen LogP contribution in [0.1, 0.15) is 34.0 Å². The quantitative estimate of drug-likeness (QED) is 0.682. The van der Waals surface area contributed by atoms with Crippen molar-refractivity contribution in [2.45, 2.75) is 20.8 Å². The third-order valence-corrected chi connectivity index (χ3v) is 3.21. The van der Waals surface area contributed by atoms with Crippen LogP contribution in [-0.2, 0) is 0 Å². The number of rotatable bonds is 4. The number of carbonyl (C=O) groups excluding carboxylic acids is 1. The molecule has 0 atom stereocenters. The van der Waals surface area contributed by atoms with E-state index in [1.165, 1.54) is 0 Å². The highest BCUT2D eigenvalue weighted by Gasteiger charge is 2.18. The van der Waals surface area contributed by atoms with Gasteiger partial charge in [-0.3, -0.25) is 4.79 Å². The molecular weight excluding hydrogens is 250 g/mol. The molecule has 0 spiro atoms. The summed E-state index contributed by atoms with van der Waals surface area (Å²) < 4.78 is 5.53. The van der Waals surface area contributed by atoms with Gasteiger partial charge in [-0.2, -0.15) is 0 Å². The Morgan fingerprint density at radius 2 is 1.90 bits per heavy atom. The number of aryl methyl sites for hydroxylation is 2. The molecule has 20 heavy (non-hydrogen) atoms. The molecule has 2 aromatic carbocycles. The average Bonchev–Trinajstić information content (AvgIpc) is 2.40. The fourth-order valence-corrected chi connectivity index (χ4v) is 2.25. The van der Waals surface area contributed by atoms with Gasteiger partial charge in [0, 0.05) is 5.56 Å². The summed E-state index contributed by atoms with van der Waals surface area (Å²) >= 11 is 0. The lowest BCUT2D eigenvalue weighted by molar-refractivity contribution is 0.103. The molecule has 3 heteroatoms. The minimum Gasteiger partial charge on any atom is -0.491 e. The summed E-state index contributed by atoms with van der Waals surface area (Å²) in [6.45, 7) is 6.29. The first kappa shape index (κ1) is 14.1. The third-order valence-electron chi connectivity index (χ3n) is 3.21. The van der Waals surface area contributed by atoms with Crippen LogP contribution in [0.4, 0.5) is 5.69 Å². The Morgan fingerprint density at radius 3 is 2.55 bits per heavy atom. The predicted molar refractivity (Wildman–Crippen MR) is 81.4 cm³/mol. The number of ether oxygens (including phenoxy) is 1. The maximum atomic E-state index is 12.7. The summed E-state index contributed by atoms with van der Waals surface area (Å²) in [4.78, 5) is 12.7. The molecule has 0 bridgehead atoms. The normalized spacial score (nSPS) is 10.3. The number of hydrogen-bond donors (Lipinski definition) is 1. The van der Waals surface area contributed by atoms with E-state index in [9.17, 15) is 4.79 Å². The lowest BCUT2D eigenvalue weighted by Crippen LogP contribution is -2.09. The number of hydrogen-bond acceptors (Lipinski definition) is 3. The Hall–Kier alpha value is -2.29. The number of nitrogens with two attached hydrogens (primary N) is 1. The molecule has 2 N–H and O–H groups in total. The lowest BCUT2D eigenvalue weighted by atomic mass is 9.96. The minimum absolute atomic E-state index is 0.0572. The van der Waals surface area contributed by atoms with Gasteiger partial charge in [-0.25, -0.2) is 0 Å². The van der Waals surface area contributed by atoms with Crippen molar-refractivity contribution in [1.82, 2.24) is 0 Å². The molecule has 0 aliphatic heterocycles. The zero-order valence-electron chi connectivity index (χ0n) is 12.1. The average molecular weight is 269 g/mol. The van der Waals surface area contributed by atoms with Gasteiger partial charge in [0.1, 0.15) is 0 Å². The molecule has 2 rings (SSSR count). The molecule has 2 aromatic rings. The van der Waals surface area contributed by atoms with Crippen molar-refractivity contribution >= 4 is 11.5 Å². The molecular formula is C17H19NO2. The molecule has 0 fully saturated rings. The number of para-hydroxylation sites is 1. The first-order valence-corrected chi connectivity index (χ1v) is 6.67. The second kappa shape index (κ2) is 5.78. The number of benzene rings is 2. The molecule has 0 saturated heterocycles. The van der Waals surface area contributed by atoms with Crippen LogP contribution < -0.4 is 10.5 Å². The fourth-order valence-electron chi connectivity index (χ4n) is 2.25. The van der Waals surface area contributed by atoms with E-state index >= 15 is 0 Å². The van der Waals surface area contributed by atoms with Crippen LogP contribution >= 0.6 is 0 Å². The summed E-state index contributed by atoms with van der Waals surface area (Å²) in [7, 11) is 0. The number of ketones is 1. The summed E-state index contributed by atoms with van der Waals surface area (Å²) in [6.07, 6.45) is 0. The van der Waals surface area contributed by atoms with Crippen molar-refractivity contribution in [2.75, 3.05) is 12.3 Å². The topological polar surface area (TPSA) is 52.3 Å². The summed E-state index contributed by atoms with van der Waals surface area (Å²) in [5.41, 5.74) is 9.69. The molecule has 0 aromatic heterocycles. The van der Waals surface area contributed by atoms with Crippen molar-refractivity contribution < 1.29 is 9.53 Å². The molecule has 0 saturated carbocycles. The second-order valence-corrected chi connectivity index (χ2v) is 4.80. The highest BCUT2D eigenvalue weighted by atomic mass is 16.5. The van der Waals surface area contributed by atoms with Crippen LogP contribution in [0.25, 0.3) is 0 Å².